The Morgan fingerprint density at radius 1 is 1.14 bits per heavy atom. The maximum Gasteiger partial charge on any atom is 0 e. The Labute approximate surface area is 151 Å². The molecule has 0 saturated carbocycles. The van der Waals surface area contributed by atoms with Crippen LogP contribution in [0, 0.1) is 0 Å². The predicted octanol–water partition coefficient (Wildman–Crippen LogP) is -1.24. The van der Waals surface area contributed by atoms with Gasteiger partial charge in [0.15, 0.2) is 0 Å². The molecule has 7 heavy (non-hydrogen) atoms. The van der Waals surface area contributed by atoms with Gasteiger partial charge in [0, 0.05) is 70.7 Å². The fraction of sp³-hybridized carbons (Fsp3) is 0. The molecule has 0 atom stereocenters. The van der Waals surface area contributed by atoms with Crippen LogP contribution in [-0.4, -0.2) is 77.9 Å². The second kappa shape index (κ2) is 45.4. The molecule has 0 N–H and O–H groups in total. The molecule has 0 heterocycles. The van der Waals surface area contributed by atoms with Gasteiger partial charge in [-0.25, -0.2) is 0 Å². The average molecular weight is 389 g/mol. The fourth-order valence-corrected chi connectivity index (χ4v) is 0. The molecule has 0 bridgehead atoms. The van der Waals surface area contributed by atoms with E-state index in [2.05, 4.69) is 0 Å². The molecule has 0 fully saturated rings. The maximum atomic E-state index is 0. The number of hydrogen-bond donors (Lipinski definition) is 0. The first-order chi connectivity index (χ1) is 0. The van der Waals surface area contributed by atoms with E-state index < -0.39 is 0 Å². The Hall–Kier alpha value is 4.73. The van der Waals surface area contributed by atoms with E-state index in [0.29, 0.717) is 0 Å². The van der Waals surface area contributed by atoms with E-state index in [9.17, 15) is 0 Å². The Morgan fingerprint density at radius 3 is 1.14 bits per heavy atom. The van der Waals surface area contributed by atoms with Crippen LogP contribution in [0.5, 0.6) is 0 Å². The summed E-state index contributed by atoms with van der Waals surface area (Å²) < 4.78 is 0. The Bertz CT molecular complexity index is 30.1. The van der Waals surface area contributed by atoms with Crippen LogP contribution in [0.1, 0.15) is 5.71 Å². The van der Waals surface area contributed by atoms with E-state index in [4.69, 9.17) is 0 Å². The monoisotopic (exact) mass is 388 g/mol. The van der Waals surface area contributed by atoms with E-state index in [1.54, 1.807) is 0 Å². The van der Waals surface area contributed by atoms with Crippen molar-refractivity contribution in [3.63, 3.8) is 0 Å². The Kier molecular flexibility index (Phi) is 392. The van der Waals surface area contributed by atoms with Gasteiger partial charge < -0.3 is 5.71 Å². The molecule has 0 aliphatic heterocycles. The molecule has 2 radical (unpaired) electrons. The van der Waals surface area contributed by atoms with Crippen molar-refractivity contribution < 1.29 is 76.4 Å². The zero-order valence-corrected chi connectivity index (χ0v) is 15.6. The molecule has 0 aromatic heterocycles. The third kappa shape index (κ3) is 36.6. The van der Waals surface area contributed by atoms with Crippen molar-refractivity contribution in [1.82, 2.24) is 0 Å². The van der Waals surface area contributed by atoms with E-state index in [1.165, 1.54) is 0 Å². The quantitative estimate of drug-likeness (QED) is 0.455. The normalized spacial score (nSPS) is 0. The Balaban J connectivity index is 0. The molecule has 0 rings (SSSR count). The summed E-state index contributed by atoms with van der Waals surface area (Å²) in [7, 11) is 0. The minimum absolute atomic E-state index is 0. The third-order valence-corrected chi connectivity index (χ3v) is 0. The second-order valence-corrected chi connectivity index (χ2v) is 0. The third-order valence-electron chi connectivity index (χ3n) is 0. The van der Waals surface area contributed by atoms with Gasteiger partial charge >= 0.3 is 77.9 Å². The van der Waals surface area contributed by atoms with Gasteiger partial charge in [-0.15, -0.1) is 0 Å². The fourth-order valence-electron chi connectivity index (χ4n) is 0. The van der Waals surface area contributed by atoms with Crippen LogP contribution < -0.4 is 0 Å². The van der Waals surface area contributed by atoms with Crippen molar-refractivity contribution in [3.8, 4) is 0 Å². The number of rotatable bonds is 0. The first-order valence-electron chi connectivity index (χ1n) is 0. The minimum atomic E-state index is 0. The van der Waals surface area contributed by atoms with Crippen molar-refractivity contribution in [2.24, 2.45) is 0 Å². The van der Waals surface area contributed by atoms with E-state index in [0.717, 1.165) is 0 Å². The summed E-state index contributed by atoms with van der Waals surface area (Å²) in [6.07, 6.45) is 0. The summed E-state index contributed by atoms with van der Waals surface area (Å²) in [6.45, 7) is 0. The molecule has 7 heteroatoms. The van der Waals surface area contributed by atoms with Crippen LogP contribution in [0.4, 0.5) is 0 Å². The van der Waals surface area contributed by atoms with Gasteiger partial charge in [0.25, 0.3) is 0 Å². The SMILES string of the molecule is [Ca+2].[Cu].[Fe].[H-].[H-].[H-].[H-].[Mg+2].[Mn].[SeH2].[Zn]. The average Bonchev–Trinajstić information content (AvgIpc) is 0. The van der Waals surface area contributed by atoms with Crippen LogP contribution in [0.25, 0.3) is 0 Å². The van der Waals surface area contributed by atoms with Gasteiger partial charge in [0.05, 0.1) is 0 Å². The van der Waals surface area contributed by atoms with Crippen LogP contribution in [0.15, 0.2) is 0 Å². The Morgan fingerprint density at radius 2 is 1.14 bits per heavy atom. The van der Waals surface area contributed by atoms with E-state index in [1.807, 2.05) is 0 Å². The molecule has 0 saturated heterocycles. The summed E-state index contributed by atoms with van der Waals surface area (Å²) >= 11 is 0. The molecular formula is H6CaCuFeMgMnSeZn. The van der Waals surface area contributed by atoms with Gasteiger partial charge in [-0.3, -0.25) is 0 Å². The molecule has 0 aromatic carbocycles. The van der Waals surface area contributed by atoms with Gasteiger partial charge in [-0.05, 0) is 0 Å². The summed E-state index contributed by atoms with van der Waals surface area (Å²) in [4.78, 5) is 0. The molecule has 0 spiro atoms. The topological polar surface area (TPSA) is 0 Å². The molecule has 0 amide bonds. The van der Waals surface area contributed by atoms with Crippen LogP contribution in [0.3, 0.4) is 0 Å². The summed E-state index contributed by atoms with van der Waals surface area (Å²) in [5.41, 5.74) is 0. The minimum Gasteiger partial charge on any atom is 0 e. The summed E-state index contributed by atoms with van der Waals surface area (Å²) in [5, 5.41) is 0. The van der Waals surface area contributed by atoms with Gasteiger partial charge in [-0.1, -0.05) is 0 Å². The van der Waals surface area contributed by atoms with E-state index in [-0.39, 0.29) is 154 Å². The largest absolute Gasteiger partial charge is 0 e. The van der Waals surface area contributed by atoms with Gasteiger partial charge in [0.2, 0.25) is 0 Å². The van der Waals surface area contributed by atoms with E-state index >= 15 is 0 Å². The van der Waals surface area contributed by atoms with Gasteiger partial charge in [0.1, 0.15) is 0 Å². The number of hydrogen-bond acceptors (Lipinski definition) is 0. The molecule has 0 aliphatic carbocycles. The van der Waals surface area contributed by atoms with Crippen LogP contribution in [-0.2, 0) is 70.7 Å². The van der Waals surface area contributed by atoms with Crippen LogP contribution >= 0.6 is 0 Å². The molecule has 0 aliphatic rings. The molecule has 0 nitrogen and oxygen atoms in total. The molecule has 0 aromatic rings. The standard InChI is InChI=1S/Ca.Cu.Fe.Mg.Mn.H2Se.Zn.4H/h;;;;;1H2;;;;;/q+2;;;+2;;;;4*-1. The van der Waals surface area contributed by atoms with Crippen molar-refractivity contribution in [3.05, 3.63) is 0 Å². The molecule has 44 valence electrons. The first-order valence-corrected chi connectivity index (χ1v) is 0. The van der Waals surface area contributed by atoms with Crippen molar-refractivity contribution >= 4 is 77.9 Å². The maximum absolute atomic E-state index is 0. The molecule has 0 unspecified atom stereocenters. The zero-order valence-electron chi connectivity index (χ0n) is 7.65. The van der Waals surface area contributed by atoms with Crippen molar-refractivity contribution in [1.29, 1.82) is 0 Å². The second-order valence-electron chi connectivity index (χ2n) is 0. The van der Waals surface area contributed by atoms with Gasteiger partial charge in [-0.2, -0.15) is 0 Å². The first kappa shape index (κ1) is 60.4. The predicted molar refractivity (Wildman–Crippen MR) is 24.5 cm³/mol. The summed E-state index contributed by atoms with van der Waals surface area (Å²) in [5.74, 6) is 0. The summed E-state index contributed by atoms with van der Waals surface area (Å²) in [6, 6.07) is 0. The van der Waals surface area contributed by atoms with Crippen LogP contribution in [0.2, 0.25) is 0 Å². The van der Waals surface area contributed by atoms with Crippen molar-refractivity contribution in [2.75, 3.05) is 0 Å². The smallest absolute Gasteiger partial charge is 0 e. The zero-order chi connectivity index (χ0) is 0. The molecular weight excluding hydrogens is 383 g/mol. The van der Waals surface area contributed by atoms with Crippen molar-refractivity contribution in [2.45, 2.75) is 0 Å².